The smallest absolute Gasteiger partial charge is 0.309 e. The molecule has 8 atom stereocenters. The number of aliphatic hydroxyl groups is 2. The second-order valence-corrected chi connectivity index (χ2v) is 6.54. The fourth-order valence-electron chi connectivity index (χ4n) is 4.43. The third-order valence-corrected chi connectivity index (χ3v) is 5.57. The average Bonchev–Trinajstić information content (AvgIpc) is 2.75. The zero-order valence-corrected chi connectivity index (χ0v) is 11.5. The highest BCUT2D eigenvalue weighted by Gasteiger charge is 2.57. The van der Waals surface area contributed by atoms with E-state index in [-0.39, 0.29) is 47.8 Å². The van der Waals surface area contributed by atoms with Gasteiger partial charge in [-0.15, -0.1) is 0 Å². The van der Waals surface area contributed by atoms with Crippen molar-refractivity contribution in [3.05, 3.63) is 12.2 Å². The summed E-state index contributed by atoms with van der Waals surface area (Å²) >= 11 is 0. The Balaban J connectivity index is 2.00. The Morgan fingerprint density at radius 3 is 2.58 bits per heavy atom. The van der Waals surface area contributed by atoms with Gasteiger partial charge in [0, 0.05) is 11.8 Å². The normalized spacial score (nSPS) is 53.5. The van der Waals surface area contributed by atoms with E-state index in [1.165, 1.54) is 0 Å². The molecule has 0 aromatic carbocycles. The lowest BCUT2D eigenvalue weighted by atomic mass is 9.77. The molecule has 1 aliphatic heterocycles. The lowest BCUT2D eigenvalue weighted by molar-refractivity contribution is -0.146. The molecule has 106 valence electrons. The first-order chi connectivity index (χ1) is 8.91. The third kappa shape index (κ3) is 1.77. The van der Waals surface area contributed by atoms with Gasteiger partial charge in [-0.2, -0.15) is 0 Å². The molecule has 2 aliphatic carbocycles. The highest BCUT2D eigenvalue weighted by Crippen LogP contribution is 2.52. The van der Waals surface area contributed by atoms with Crippen molar-refractivity contribution in [1.29, 1.82) is 0 Å². The van der Waals surface area contributed by atoms with Crippen LogP contribution in [-0.2, 0) is 9.53 Å². The molecule has 19 heavy (non-hydrogen) atoms. The van der Waals surface area contributed by atoms with E-state index < -0.39 is 6.10 Å². The lowest BCUT2D eigenvalue weighted by Crippen LogP contribution is -2.37. The van der Waals surface area contributed by atoms with Crippen LogP contribution in [-0.4, -0.2) is 34.5 Å². The fraction of sp³-hybridized carbons (Fsp3) is 0.800. The van der Waals surface area contributed by atoms with E-state index in [2.05, 4.69) is 6.58 Å². The van der Waals surface area contributed by atoms with Gasteiger partial charge >= 0.3 is 5.97 Å². The van der Waals surface area contributed by atoms with Gasteiger partial charge in [-0.3, -0.25) is 4.79 Å². The van der Waals surface area contributed by atoms with Crippen LogP contribution in [0.3, 0.4) is 0 Å². The van der Waals surface area contributed by atoms with Gasteiger partial charge in [0.1, 0.15) is 6.10 Å². The van der Waals surface area contributed by atoms with Crippen LogP contribution in [0.2, 0.25) is 0 Å². The Hall–Kier alpha value is -0.870. The molecule has 0 aromatic heterocycles. The first kappa shape index (κ1) is 13.1. The lowest BCUT2D eigenvalue weighted by Gasteiger charge is -2.30. The molecule has 0 unspecified atom stereocenters. The van der Waals surface area contributed by atoms with Gasteiger partial charge in [0.15, 0.2) is 0 Å². The molecule has 3 rings (SSSR count). The van der Waals surface area contributed by atoms with Crippen LogP contribution in [0.4, 0.5) is 0 Å². The van der Waals surface area contributed by atoms with E-state index in [9.17, 15) is 15.0 Å². The summed E-state index contributed by atoms with van der Waals surface area (Å²) in [5.74, 6) is -0.304. The van der Waals surface area contributed by atoms with Gasteiger partial charge in [0.05, 0.1) is 18.1 Å². The van der Waals surface area contributed by atoms with Crippen LogP contribution >= 0.6 is 0 Å². The minimum atomic E-state index is -0.561. The quantitative estimate of drug-likeness (QED) is 0.509. The van der Waals surface area contributed by atoms with Crippen molar-refractivity contribution in [2.24, 2.45) is 29.6 Å². The van der Waals surface area contributed by atoms with E-state index in [0.29, 0.717) is 12.8 Å². The molecule has 0 bridgehead atoms. The maximum absolute atomic E-state index is 11.8. The molecule has 2 saturated carbocycles. The molecule has 2 N–H and O–H groups in total. The molecule has 1 saturated heterocycles. The van der Waals surface area contributed by atoms with E-state index in [1.807, 2.05) is 13.8 Å². The van der Waals surface area contributed by atoms with Crippen molar-refractivity contribution in [1.82, 2.24) is 0 Å². The van der Waals surface area contributed by atoms with Gasteiger partial charge < -0.3 is 14.9 Å². The summed E-state index contributed by atoms with van der Waals surface area (Å²) < 4.78 is 5.56. The summed E-state index contributed by atoms with van der Waals surface area (Å²) in [7, 11) is 0. The monoisotopic (exact) mass is 266 g/mol. The van der Waals surface area contributed by atoms with E-state index in [4.69, 9.17) is 4.74 Å². The van der Waals surface area contributed by atoms with Crippen molar-refractivity contribution in [2.45, 2.75) is 45.0 Å². The molecule has 1 heterocycles. The SMILES string of the molecule is C=C1C[C@@H](O)[C@@H]2[C@H](OC(=O)[C@H]2C)[C@H]2[C@@H](C)[C@@H](O)C[C@@H]12. The number of esters is 1. The number of hydrogen-bond donors (Lipinski definition) is 2. The van der Waals surface area contributed by atoms with Crippen LogP contribution < -0.4 is 0 Å². The van der Waals surface area contributed by atoms with Crippen LogP contribution in [0.25, 0.3) is 0 Å². The Morgan fingerprint density at radius 1 is 1.21 bits per heavy atom. The van der Waals surface area contributed by atoms with Crippen molar-refractivity contribution in [3.8, 4) is 0 Å². The molecular formula is C15H22O4. The number of hydrogen-bond acceptors (Lipinski definition) is 4. The number of aliphatic hydroxyl groups excluding tert-OH is 2. The summed E-state index contributed by atoms with van der Waals surface area (Å²) in [4.78, 5) is 11.8. The second kappa shape index (κ2) is 4.32. The maximum Gasteiger partial charge on any atom is 0.309 e. The van der Waals surface area contributed by atoms with Crippen LogP contribution in [0, 0.1) is 29.6 Å². The summed E-state index contributed by atoms with van der Waals surface area (Å²) in [5, 5.41) is 20.5. The first-order valence-electron chi connectivity index (χ1n) is 7.16. The number of rotatable bonds is 0. The van der Waals surface area contributed by atoms with E-state index >= 15 is 0 Å². The van der Waals surface area contributed by atoms with Crippen molar-refractivity contribution in [2.75, 3.05) is 0 Å². The zero-order valence-electron chi connectivity index (χ0n) is 11.5. The van der Waals surface area contributed by atoms with Crippen molar-refractivity contribution >= 4 is 5.97 Å². The number of fused-ring (bicyclic) bond motifs is 3. The van der Waals surface area contributed by atoms with Crippen molar-refractivity contribution in [3.63, 3.8) is 0 Å². The van der Waals surface area contributed by atoms with E-state index in [1.54, 1.807) is 0 Å². The third-order valence-electron chi connectivity index (χ3n) is 5.57. The molecule has 4 heteroatoms. The fourth-order valence-corrected chi connectivity index (χ4v) is 4.43. The summed E-state index contributed by atoms with van der Waals surface area (Å²) in [6.07, 6.45) is -0.00463. The molecule has 0 spiro atoms. The second-order valence-electron chi connectivity index (χ2n) is 6.54. The molecule has 3 fully saturated rings. The molecule has 3 aliphatic rings. The minimum Gasteiger partial charge on any atom is -0.461 e. The van der Waals surface area contributed by atoms with Gasteiger partial charge in [0.25, 0.3) is 0 Å². The van der Waals surface area contributed by atoms with Crippen molar-refractivity contribution < 1.29 is 19.7 Å². The van der Waals surface area contributed by atoms with E-state index in [0.717, 1.165) is 5.57 Å². The first-order valence-corrected chi connectivity index (χ1v) is 7.16. The highest BCUT2D eigenvalue weighted by molar-refractivity contribution is 5.75. The predicted molar refractivity (Wildman–Crippen MR) is 69.1 cm³/mol. The van der Waals surface area contributed by atoms with Gasteiger partial charge in [0.2, 0.25) is 0 Å². The topological polar surface area (TPSA) is 66.8 Å². The van der Waals surface area contributed by atoms with Gasteiger partial charge in [-0.1, -0.05) is 26.0 Å². The number of carbonyl (C=O) groups excluding carboxylic acids is 1. The van der Waals surface area contributed by atoms with Crippen LogP contribution in [0.1, 0.15) is 26.7 Å². The molecule has 0 amide bonds. The average molecular weight is 266 g/mol. The number of ether oxygens (including phenoxy) is 1. The Kier molecular flexibility index (Phi) is 2.98. The zero-order chi connectivity index (χ0) is 13.9. The summed E-state index contributed by atoms with van der Waals surface area (Å²) in [5.41, 5.74) is 0.999. The Bertz CT molecular complexity index is 418. The molecular weight excluding hydrogens is 244 g/mol. The van der Waals surface area contributed by atoms with Crippen LogP contribution in [0.15, 0.2) is 12.2 Å². The largest absolute Gasteiger partial charge is 0.461 e. The van der Waals surface area contributed by atoms with Gasteiger partial charge in [-0.05, 0) is 24.7 Å². The maximum atomic E-state index is 11.8. The molecule has 4 nitrogen and oxygen atoms in total. The Morgan fingerprint density at radius 2 is 1.89 bits per heavy atom. The summed E-state index contributed by atoms with van der Waals surface area (Å²) in [6, 6.07) is 0. The highest BCUT2D eigenvalue weighted by atomic mass is 16.6. The Labute approximate surface area is 113 Å². The predicted octanol–water partition coefficient (Wildman–Crippen LogP) is 1.12. The summed E-state index contributed by atoms with van der Waals surface area (Å²) in [6.45, 7) is 7.93. The minimum absolute atomic E-state index is 0.0812. The van der Waals surface area contributed by atoms with Crippen LogP contribution in [0.5, 0.6) is 0 Å². The molecule has 0 radical (unpaired) electrons. The number of carbonyl (C=O) groups is 1. The molecule has 0 aromatic rings. The standard InChI is InChI=1S/C15H22O4/c1-6-4-11(17)13-8(3)15(18)19-14(13)12-7(2)10(16)5-9(6)12/h7-14,16-17H,1,4-5H2,2-3H3/t7-,8-,9-,10-,11+,12-,13+,14+/m0/s1. The van der Waals surface area contributed by atoms with Gasteiger partial charge in [-0.25, -0.2) is 0 Å².